The molecule has 0 fully saturated rings. The molecule has 0 bridgehead atoms. The van der Waals surface area contributed by atoms with Gasteiger partial charge in [0.1, 0.15) is 0 Å². The van der Waals surface area contributed by atoms with Gasteiger partial charge >= 0.3 is 0 Å². The maximum atomic E-state index is 2.00. The van der Waals surface area contributed by atoms with Crippen LogP contribution >= 0.6 is 0 Å². The first-order valence-electron chi connectivity index (χ1n) is 2.00. The Morgan fingerprint density at radius 3 is 0.500 bits per heavy atom. The molecular weight excluding hydrogens is 103 g/mol. The molecule has 0 rings (SSSR count). The van der Waals surface area contributed by atoms with Crippen LogP contribution in [0.25, 0.3) is 0 Å². The average Bonchev–Trinajstić information content (AvgIpc) is 1.50. The van der Waals surface area contributed by atoms with E-state index in [9.17, 15) is 0 Å². The molecule has 0 radical (unpaired) electrons. The van der Waals surface area contributed by atoms with Crippen molar-refractivity contribution < 1.29 is 4.70 Å². The van der Waals surface area contributed by atoms with Crippen LogP contribution in [0.4, 0.5) is 4.70 Å². The van der Waals surface area contributed by atoms with Gasteiger partial charge in [-0.05, 0) is 0 Å². The zero-order valence-electron chi connectivity index (χ0n) is 4.41. The first-order valence-corrected chi connectivity index (χ1v) is 2.00. The van der Waals surface area contributed by atoms with E-state index in [2.05, 4.69) is 0 Å². The van der Waals surface area contributed by atoms with Crippen molar-refractivity contribution >= 4 is 0 Å². The molecule has 0 atom stereocenters. The van der Waals surface area contributed by atoms with E-state index in [0.717, 1.165) is 0 Å². The van der Waals surface area contributed by atoms with E-state index in [4.69, 9.17) is 0 Å². The average molecular weight is 128 g/mol. The summed E-state index contributed by atoms with van der Waals surface area (Å²) in [5, 5.41) is 0. The molecule has 60 valence electrons. The van der Waals surface area contributed by atoms with Gasteiger partial charge in [-0.15, -0.1) is 0 Å². The predicted molar refractivity (Wildman–Crippen MR) is 45.4 cm³/mol. The van der Waals surface area contributed by atoms with E-state index >= 15 is 0 Å². The first kappa shape index (κ1) is 102. The van der Waals surface area contributed by atoms with E-state index in [0.29, 0.717) is 0 Å². The van der Waals surface area contributed by atoms with Crippen LogP contribution < -0.4 is 0 Å². The van der Waals surface area contributed by atoms with Crippen molar-refractivity contribution in [1.82, 2.24) is 0 Å². The molecule has 0 spiro atoms. The fourth-order valence-corrected chi connectivity index (χ4v) is 0. The zero-order valence-corrected chi connectivity index (χ0v) is 4.41. The summed E-state index contributed by atoms with van der Waals surface area (Å²) in [4.78, 5) is 0. The van der Waals surface area contributed by atoms with Crippen LogP contribution in [0, 0.1) is 0 Å². The molecule has 0 aliphatic heterocycles. The lowest BCUT2D eigenvalue weighted by Crippen LogP contribution is -0.856. The summed E-state index contributed by atoms with van der Waals surface area (Å²) in [7, 11) is 0. The first-order chi connectivity index (χ1) is 2.00. The maximum Gasteiger partial charge on any atom is -0.0683 e. The Balaban J connectivity index is -0.00000000167. The van der Waals surface area contributed by atoms with Gasteiger partial charge in [-0.3, -0.25) is 4.70 Å². The molecule has 0 aliphatic rings. The molecule has 0 aromatic carbocycles. The molecule has 0 amide bonds. The fourth-order valence-electron chi connectivity index (χ4n) is 0. The van der Waals surface area contributed by atoms with E-state index < -0.39 is 0 Å². The molecule has 8 heavy (non-hydrogen) atoms. The highest BCUT2D eigenvalue weighted by Gasteiger charge is 0.934. The lowest BCUT2D eigenvalue weighted by molar-refractivity contribution is 1.11. The minimum atomic E-state index is 0. The maximum absolute atomic E-state index is 2.00. The molecule has 0 unspecified atom stereocenters. The Morgan fingerprint density at radius 1 is 0.500 bits per heavy atom. The van der Waals surface area contributed by atoms with Gasteiger partial charge in [-0.25, -0.2) is 0 Å². The molecule has 1 heteroatoms. The number of rotatable bonds is 0. The summed E-state index contributed by atoms with van der Waals surface area (Å²) in [6.45, 7) is 8.00. The highest BCUT2D eigenvalue weighted by Crippen LogP contribution is 1.15. The monoisotopic (exact) mass is 128 g/mol. The van der Waals surface area contributed by atoms with Crippen molar-refractivity contribution in [1.29, 1.82) is 0 Å². The molecule has 0 aromatic heterocycles. The number of hydrogen-bond acceptors (Lipinski definition) is 0. The lowest BCUT2D eigenvalue weighted by Gasteiger charge is -1.07. The molecule has 0 saturated heterocycles. The van der Waals surface area contributed by atoms with E-state index in [1.807, 2.05) is 27.7 Å². The summed E-state index contributed by atoms with van der Waals surface area (Å²) in [6, 6.07) is 0. The van der Waals surface area contributed by atoms with Crippen molar-refractivity contribution in [3.8, 4) is 0 Å². The second-order valence-corrected chi connectivity index (χ2v) is 0. The largest absolute Gasteiger partial charge is 0.269 e. The van der Waals surface area contributed by atoms with E-state index in [1.165, 1.54) is 0 Å². The van der Waals surface area contributed by atoms with Crippen LogP contribution in [0.2, 0.25) is 0 Å². The summed E-state index contributed by atoms with van der Waals surface area (Å²) < 4.78 is 0. The minimum absolute atomic E-state index is 0. The Morgan fingerprint density at radius 2 is 0.500 bits per heavy atom. The van der Waals surface area contributed by atoms with Gasteiger partial charge in [-0.1, -0.05) is 50.0 Å². The van der Waals surface area contributed by atoms with Crippen molar-refractivity contribution in [3.05, 3.63) is 0 Å². The van der Waals surface area contributed by atoms with E-state index in [-0.39, 0.29) is 27.0 Å². The van der Waals surface area contributed by atoms with Crippen LogP contribution in [0.3, 0.4) is 0 Å². The highest BCUT2D eigenvalue weighted by molar-refractivity contribution is 3.51. The van der Waals surface area contributed by atoms with Gasteiger partial charge in [0.05, 0.1) is 0 Å². The second kappa shape index (κ2) is 49700. The van der Waals surface area contributed by atoms with Crippen LogP contribution in [0.5, 0.6) is 0 Å². The Kier molecular flexibility index (Phi) is 636000. The minimum Gasteiger partial charge on any atom is -0.269 e. The summed E-state index contributed by atoms with van der Waals surface area (Å²) in [6.07, 6.45) is 0. The third-order valence-corrected chi connectivity index (χ3v) is 0. The Labute approximate surface area is 55.7 Å². The molecule has 0 aromatic rings. The summed E-state index contributed by atoms with van der Waals surface area (Å²) >= 11 is 0. The summed E-state index contributed by atoms with van der Waals surface area (Å²) in [5.74, 6) is 0. The van der Waals surface area contributed by atoms with Crippen molar-refractivity contribution in [2.24, 2.45) is 0 Å². The third-order valence-electron chi connectivity index (χ3n) is 0. The Bertz CT molecular complexity index is 4.35. The molecule has 0 saturated carbocycles. The molecule has 0 heterocycles. The van der Waals surface area contributed by atoms with Crippen molar-refractivity contribution in [2.45, 2.75) is 50.0 Å². The van der Waals surface area contributed by atoms with Crippen LogP contribution in [-0.2, 0) is 0 Å². The quantitative estimate of drug-likeness (QED) is 0.460. The fraction of sp³-hybridized carbons (Fsp3) is 1.00. The molecule has 0 N–H and O–H groups in total. The van der Waals surface area contributed by atoms with Crippen LogP contribution in [-0.4, -0.2) is 0 Å². The van der Waals surface area contributed by atoms with Crippen LogP contribution in [0.1, 0.15) is 50.0 Å². The van der Waals surface area contributed by atoms with E-state index in [1.54, 1.807) is 0 Å². The van der Waals surface area contributed by atoms with Gasteiger partial charge in [0.25, 0.3) is 0 Å². The van der Waals surface area contributed by atoms with Gasteiger partial charge < -0.3 is 0 Å². The van der Waals surface area contributed by atoms with Gasteiger partial charge in [0, 0.05) is 0 Å². The normalized spacial score (nSPS) is 1.50. The van der Waals surface area contributed by atoms with Crippen molar-refractivity contribution in [2.75, 3.05) is 0 Å². The third kappa shape index (κ3) is 29400. The molecule has 0 nitrogen and oxygen atoms in total. The predicted octanol–water partition coefficient (Wildman–Crippen LogP) is 4.11. The molecule has 0 aliphatic carbocycles. The highest BCUT2D eigenvalue weighted by atomic mass is 19.0. The number of hydrogen-bond donors (Lipinski definition) is 0. The lowest BCUT2D eigenvalue weighted by atomic mass is 11.0. The number of halogens is 1. The zero-order chi connectivity index (χ0) is 4.00. The van der Waals surface area contributed by atoms with Gasteiger partial charge in [0.2, 0.25) is 0 Å². The SMILES string of the molecule is C.C.C.CC.CC.F. The smallest absolute Gasteiger partial charge is 0.0683 e. The van der Waals surface area contributed by atoms with Crippen LogP contribution in [0.15, 0.2) is 0 Å². The van der Waals surface area contributed by atoms with Crippen molar-refractivity contribution in [3.63, 3.8) is 0 Å². The standard InChI is InChI=1S/2C2H6.3CH4.FH/c2*1-2;;;;/h2*1-2H3;3*1H4;1H. The Hall–Kier alpha value is -0.0700. The van der Waals surface area contributed by atoms with Gasteiger partial charge in [-0.2, -0.15) is 0 Å². The summed E-state index contributed by atoms with van der Waals surface area (Å²) in [5.41, 5.74) is 0. The molecular formula is C7H25F. The second-order valence-electron chi connectivity index (χ2n) is 0. The topological polar surface area (TPSA) is 0 Å². The van der Waals surface area contributed by atoms with Gasteiger partial charge in [0.15, 0.2) is 0 Å².